The Bertz CT molecular complexity index is 766. The number of para-hydroxylation sites is 1. The van der Waals surface area contributed by atoms with E-state index in [1.807, 2.05) is 30.3 Å². The highest BCUT2D eigenvalue weighted by Crippen LogP contribution is 2.16. The number of nitrogens with one attached hydrogen (secondary N) is 2. The van der Waals surface area contributed by atoms with E-state index in [0.29, 0.717) is 17.3 Å². The van der Waals surface area contributed by atoms with Crippen LogP contribution in [0.4, 0.5) is 16.3 Å². The molecule has 0 radical (unpaired) electrons. The molecule has 0 fully saturated rings. The van der Waals surface area contributed by atoms with Crippen LogP contribution < -0.4 is 10.6 Å². The van der Waals surface area contributed by atoms with Crippen LogP contribution in [-0.4, -0.2) is 16.2 Å². The highest BCUT2D eigenvalue weighted by atomic mass is 16.5. The van der Waals surface area contributed by atoms with E-state index in [-0.39, 0.29) is 0 Å². The van der Waals surface area contributed by atoms with E-state index in [2.05, 4.69) is 20.8 Å². The summed E-state index contributed by atoms with van der Waals surface area (Å²) >= 11 is 0. The Morgan fingerprint density at radius 1 is 1.20 bits per heavy atom. The number of benzene rings is 1. The van der Waals surface area contributed by atoms with Crippen molar-refractivity contribution in [2.75, 3.05) is 10.6 Å². The number of hydrogen-bond acceptors (Lipinski definition) is 4. The third-order valence-corrected chi connectivity index (χ3v) is 2.72. The van der Waals surface area contributed by atoms with Gasteiger partial charge in [0.25, 0.3) is 0 Å². The van der Waals surface area contributed by atoms with Gasteiger partial charge in [0, 0.05) is 11.5 Å². The van der Waals surface area contributed by atoms with Gasteiger partial charge < -0.3 is 9.84 Å². The first-order valence-corrected chi connectivity index (χ1v) is 6.07. The Morgan fingerprint density at radius 3 is 2.85 bits per heavy atom. The maximum Gasteiger partial charge on any atom is 0.324 e. The van der Waals surface area contributed by atoms with Crippen molar-refractivity contribution in [2.45, 2.75) is 6.92 Å². The smallest absolute Gasteiger partial charge is 0.324 e. The fourth-order valence-corrected chi connectivity index (χ4v) is 1.84. The van der Waals surface area contributed by atoms with Gasteiger partial charge in [0.15, 0.2) is 5.82 Å². The molecule has 0 aliphatic heterocycles. The number of aryl methyl sites for hydroxylation is 1. The molecule has 6 nitrogen and oxygen atoms in total. The van der Waals surface area contributed by atoms with Crippen molar-refractivity contribution in [3.63, 3.8) is 0 Å². The summed E-state index contributed by atoms with van der Waals surface area (Å²) in [5.41, 5.74) is 1.49. The standard InChI is InChI=1S/C14H12N4O2/c1-9-6-13(18-20-9)17-14(19)16-11-7-10-4-2-3-5-12(10)15-8-11/h2-8H,1H3,(H2,16,17,18,19). The molecule has 1 aromatic carbocycles. The van der Waals surface area contributed by atoms with E-state index >= 15 is 0 Å². The topological polar surface area (TPSA) is 80.0 Å². The van der Waals surface area contributed by atoms with Gasteiger partial charge in [0.05, 0.1) is 17.4 Å². The monoisotopic (exact) mass is 268 g/mol. The molecule has 0 atom stereocenters. The number of hydrogen-bond donors (Lipinski definition) is 2. The van der Waals surface area contributed by atoms with E-state index in [1.165, 1.54) is 0 Å². The molecular formula is C14H12N4O2. The van der Waals surface area contributed by atoms with Gasteiger partial charge in [-0.15, -0.1) is 0 Å². The van der Waals surface area contributed by atoms with E-state index in [9.17, 15) is 4.79 Å². The van der Waals surface area contributed by atoms with Gasteiger partial charge in [0.2, 0.25) is 0 Å². The molecule has 20 heavy (non-hydrogen) atoms. The molecule has 6 heteroatoms. The average molecular weight is 268 g/mol. The molecule has 100 valence electrons. The molecular weight excluding hydrogens is 256 g/mol. The zero-order chi connectivity index (χ0) is 13.9. The Morgan fingerprint density at radius 2 is 2.05 bits per heavy atom. The number of carbonyl (C=O) groups excluding carboxylic acids is 1. The largest absolute Gasteiger partial charge is 0.360 e. The van der Waals surface area contributed by atoms with E-state index in [0.717, 1.165) is 10.9 Å². The minimum atomic E-state index is -0.393. The number of fused-ring (bicyclic) bond motifs is 1. The van der Waals surface area contributed by atoms with Crippen LogP contribution >= 0.6 is 0 Å². The van der Waals surface area contributed by atoms with Crippen molar-refractivity contribution in [3.05, 3.63) is 48.4 Å². The fourth-order valence-electron chi connectivity index (χ4n) is 1.84. The summed E-state index contributed by atoms with van der Waals surface area (Å²) < 4.78 is 4.87. The summed E-state index contributed by atoms with van der Waals surface area (Å²) in [5, 5.41) is 9.92. The number of amides is 2. The van der Waals surface area contributed by atoms with Gasteiger partial charge in [-0.1, -0.05) is 23.4 Å². The van der Waals surface area contributed by atoms with Crippen LogP contribution in [0.1, 0.15) is 5.76 Å². The molecule has 0 saturated heterocycles. The molecule has 3 rings (SSSR count). The second kappa shape index (κ2) is 5.00. The van der Waals surface area contributed by atoms with Gasteiger partial charge in [-0.3, -0.25) is 10.3 Å². The SMILES string of the molecule is Cc1cc(NC(=O)Nc2cnc3ccccc3c2)no1. The van der Waals surface area contributed by atoms with Gasteiger partial charge in [-0.2, -0.15) is 0 Å². The van der Waals surface area contributed by atoms with Crippen LogP contribution in [0, 0.1) is 6.92 Å². The summed E-state index contributed by atoms with van der Waals surface area (Å²) in [6.45, 7) is 1.75. The van der Waals surface area contributed by atoms with Crippen LogP contribution in [0.2, 0.25) is 0 Å². The zero-order valence-corrected chi connectivity index (χ0v) is 10.8. The number of pyridine rings is 1. The summed E-state index contributed by atoms with van der Waals surface area (Å²) in [4.78, 5) is 16.1. The Labute approximate surface area is 114 Å². The highest BCUT2D eigenvalue weighted by Gasteiger charge is 2.06. The first kappa shape index (κ1) is 12.2. The number of urea groups is 1. The van der Waals surface area contributed by atoms with Crippen LogP contribution in [0.25, 0.3) is 10.9 Å². The number of rotatable bonds is 2. The lowest BCUT2D eigenvalue weighted by Crippen LogP contribution is -2.19. The lowest BCUT2D eigenvalue weighted by molar-refractivity contribution is 0.262. The van der Waals surface area contributed by atoms with Crippen molar-refractivity contribution in [3.8, 4) is 0 Å². The molecule has 3 aromatic rings. The summed E-state index contributed by atoms with van der Waals surface area (Å²) in [7, 11) is 0. The Balaban J connectivity index is 1.73. The highest BCUT2D eigenvalue weighted by molar-refractivity contribution is 6.00. The van der Waals surface area contributed by atoms with Crippen molar-refractivity contribution in [1.82, 2.24) is 10.1 Å². The summed E-state index contributed by atoms with van der Waals surface area (Å²) in [6.07, 6.45) is 1.61. The molecule has 2 N–H and O–H groups in total. The van der Waals surface area contributed by atoms with E-state index < -0.39 is 6.03 Å². The first-order chi connectivity index (χ1) is 9.70. The van der Waals surface area contributed by atoms with Crippen molar-refractivity contribution in [1.29, 1.82) is 0 Å². The molecule has 2 aromatic heterocycles. The molecule has 0 aliphatic carbocycles. The molecule has 0 bridgehead atoms. The van der Waals surface area contributed by atoms with Crippen LogP contribution in [0.15, 0.2) is 47.1 Å². The number of aromatic nitrogens is 2. The predicted octanol–water partition coefficient (Wildman–Crippen LogP) is 3.18. The maximum absolute atomic E-state index is 11.8. The first-order valence-electron chi connectivity index (χ1n) is 6.07. The van der Waals surface area contributed by atoms with Crippen LogP contribution in [-0.2, 0) is 0 Å². The van der Waals surface area contributed by atoms with Crippen molar-refractivity contribution < 1.29 is 9.32 Å². The van der Waals surface area contributed by atoms with Gasteiger partial charge in [-0.05, 0) is 19.1 Å². The van der Waals surface area contributed by atoms with Gasteiger partial charge in [0.1, 0.15) is 5.76 Å². The van der Waals surface area contributed by atoms with E-state index in [1.54, 1.807) is 19.2 Å². The van der Waals surface area contributed by atoms with Crippen LogP contribution in [0.3, 0.4) is 0 Å². The molecule has 0 spiro atoms. The number of carbonyl (C=O) groups is 1. The predicted molar refractivity (Wildman–Crippen MR) is 75.6 cm³/mol. The Kier molecular flexibility index (Phi) is 3.04. The molecule has 0 aliphatic rings. The summed E-state index contributed by atoms with van der Waals surface area (Å²) in [5.74, 6) is 1.00. The average Bonchev–Trinajstić information content (AvgIpc) is 2.83. The zero-order valence-electron chi connectivity index (χ0n) is 10.8. The third-order valence-electron chi connectivity index (χ3n) is 2.72. The molecule has 0 saturated carbocycles. The van der Waals surface area contributed by atoms with Crippen molar-refractivity contribution >= 4 is 28.4 Å². The Hall–Kier alpha value is -2.89. The van der Waals surface area contributed by atoms with Gasteiger partial charge >= 0.3 is 6.03 Å². The minimum absolute atomic E-state index is 0.369. The second-order valence-electron chi connectivity index (χ2n) is 4.32. The molecule has 2 heterocycles. The molecule has 0 unspecified atom stereocenters. The third kappa shape index (κ3) is 2.59. The van der Waals surface area contributed by atoms with Crippen molar-refractivity contribution in [2.24, 2.45) is 0 Å². The maximum atomic E-state index is 11.8. The number of nitrogens with zero attached hydrogens (tertiary/aromatic N) is 2. The second-order valence-corrected chi connectivity index (χ2v) is 4.32. The quantitative estimate of drug-likeness (QED) is 0.748. The number of anilines is 2. The minimum Gasteiger partial charge on any atom is -0.360 e. The van der Waals surface area contributed by atoms with Crippen LogP contribution in [0.5, 0.6) is 0 Å². The lowest BCUT2D eigenvalue weighted by atomic mass is 10.2. The normalized spacial score (nSPS) is 10.4. The van der Waals surface area contributed by atoms with Gasteiger partial charge in [-0.25, -0.2) is 4.79 Å². The lowest BCUT2D eigenvalue weighted by Gasteiger charge is -2.05. The van der Waals surface area contributed by atoms with E-state index in [4.69, 9.17) is 4.52 Å². The molecule has 2 amide bonds. The summed E-state index contributed by atoms with van der Waals surface area (Å²) in [6, 6.07) is 10.8. The fraction of sp³-hybridized carbons (Fsp3) is 0.0714.